The Hall–Kier alpha value is -6.12. The third-order valence-electron chi connectivity index (χ3n) is 6.59. The van der Waals surface area contributed by atoms with Crippen molar-refractivity contribution in [2.45, 2.75) is 35.1 Å². The van der Waals surface area contributed by atoms with Crippen molar-refractivity contribution in [3.63, 3.8) is 0 Å². The molecule has 0 radical (unpaired) electrons. The number of methoxy groups -OCH3 is 2. The SMILES string of the molecule is C.CC.CC(=O)O.CC(C(=O)O)C(=O)O.COCOc1ccc(C(=O)O)c(C(=O)O)c1.COCOc1ccc2c(c1)C(=O)OC2=O.COP(=O)(O)O.COP(=O)(O)Oc1ccccc1.COP(C)(=O)OC. The molecule has 0 spiro atoms. The number of fused-ring (bicyclic) bond motifs is 1. The zero-order valence-electron chi connectivity index (χ0n) is 39.4. The van der Waals surface area contributed by atoms with Crippen LogP contribution in [0.4, 0.5) is 0 Å². The maximum absolute atomic E-state index is 11.2. The van der Waals surface area contributed by atoms with Crippen LogP contribution in [0.1, 0.15) is 76.6 Å². The van der Waals surface area contributed by atoms with Crippen molar-refractivity contribution < 1.29 is 134 Å². The van der Waals surface area contributed by atoms with E-state index in [1.807, 2.05) is 13.8 Å². The molecule has 3 aromatic carbocycles. The van der Waals surface area contributed by atoms with E-state index < -0.39 is 70.9 Å². The van der Waals surface area contributed by atoms with Crippen molar-refractivity contribution in [1.82, 2.24) is 0 Å². The lowest BCUT2D eigenvalue weighted by Gasteiger charge is -2.09. The molecule has 1 heterocycles. The van der Waals surface area contributed by atoms with E-state index in [2.05, 4.69) is 32.1 Å². The maximum atomic E-state index is 11.2. The molecule has 4 rings (SSSR count). The van der Waals surface area contributed by atoms with Crippen LogP contribution in [-0.2, 0) is 60.4 Å². The number of carbonyl (C=O) groups excluding carboxylic acids is 2. The fourth-order valence-electron chi connectivity index (χ4n) is 3.22. The largest absolute Gasteiger partial charge is 0.527 e. The Labute approximate surface area is 408 Å². The third kappa shape index (κ3) is 37.4. The van der Waals surface area contributed by atoms with Crippen molar-refractivity contribution in [1.29, 1.82) is 0 Å². The van der Waals surface area contributed by atoms with Gasteiger partial charge in [-0.2, -0.15) is 0 Å². The van der Waals surface area contributed by atoms with Crippen LogP contribution < -0.4 is 14.0 Å². The first-order valence-corrected chi connectivity index (χ1v) is 23.7. The molecule has 71 heavy (non-hydrogen) atoms. The van der Waals surface area contributed by atoms with Gasteiger partial charge in [0.25, 0.3) is 5.97 Å². The number of benzene rings is 3. The highest BCUT2D eigenvalue weighted by Gasteiger charge is 2.30. The fourth-order valence-corrected chi connectivity index (χ4v) is 3.83. The minimum atomic E-state index is -4.15. The highest BCUT2D eigenvalue weighted by Crippen LogP contribution is 2.42. The first-order valence-electron chi connectivity index (χ1n) is 18.7. The number of hydrogen-bond acceptors (Lipinski definition) is 20. The molecule has 0 aliphatic carbocycles. The summed E-state index contributed by atoms with van der Waals surface area (Å²) in [6, 6.07) is 16.5. The zero-order valence-corrected chi connectivity index (χ0v) is 42.1. The summed E-state index contributed by atoms with van der Waals surface area (Å²) in [6.45, 7) is 7.66. The van der Waals surface area contributed by atoms with Crippen molar-refractivity contribution in [2.24, 2.45) is 5.92 Å². The summed E-state index contributed by atoms with van der Waals surface area (Å²) in [7, 11) is -3.02. The molecule has 0 aromatic heterocycles. The first-order chi connectivity index (χ1) is 32.4. The van der Waals surface area contributed by atoms with Gasteiger partial charge in [0.05, 0.1) is 22.3 Å². The molecule has 3 aromatic rings. The van der Waals surface area contributed by atoms with Crippen LogP contribution in [0.3, 0.4) is 0 Å². The van der Waals surface area contributed by atoms with Gasteiger partial charge in [-0.25, -0.2) is 28.3 Å². The second-order valence-electron chi connectivity index (χ2n) is 11.6. The summed E-state index contributed by atoms with van der Waals surface area (Å²) in [4.78, 5) is 96.6. The second kappa shape index (κ2) is 39.6. The predicted octanol–water partition coefficient (Wildman–Crippen LogP) is 6.23. The number of esters is 2. The van der Waals surface area contributed by atoms with Gasteiger partial charge in [-0.15, -0.1) is 0 Å². The number of para-hydroxylation sites is 1. The van der Waals surface area contributed by atoms with Crippen LogP contribution in [0.25, 0.3) is 0 Å². The summed E-state index contributed by atoms with van der Waals surface area (Å²) in [5.74, 6) is -7.61. The number of ether oxygens (including phenoxy) is 5. The van der Waals surface area contributed by atoms with Gasteiger partial charge in [-0.3, -0.25) is 32.9 Å². The quantitative estimate of drug-likeness (QED) is 0.0341. The number of cyclic esters (lactones) is 2. The Bertz CT molecular complexity index is 2200. The minimum absolute atomic E-state index is 0. The lowest BCUT2D eigenvalue weighted by Crippen LogP contribution is -2.19. The average Bonchev–Trinajstić information content (AvgIpc) is 3.59. The molecule has 1 aliphatic heterocycles. The van der Waals surface area contributed by atoms with E-state index in [1.54, 1.807) is 36.4 Å². The second-order valence-corrected chi connectivity index (χ2v) is 16.7. The molecule has 8 N–H and O–H groups in total. The Morgan fingerprint density at radius 2 is 0.986 bits per heavy atom. The lowest BCUT2D eigenvalue weighted by atomic mass is 10.1. The molecule has 0 amide bonds. The molecule has 0 saturated heterocycles. The van der Waals surface area contributed by atoms with E-state index >= 15 is 0 Å². The molecule has 1 aliphatic rings. The molecule has 0 bridgehead atoms. The predicted molar refractivity (Wildman–Crippen MR) is 248 cm³/mol. The third-order valence-corrected chi connectivity index (χ3v) is 9.30. The number of aromatic carboxylic acids is 2. The van der Waals surface area contributed by atoms with E-state index in [4.69, 9.17) is 59.2 Å². The van der Waals surface area contributed by atoms with Crippen LogP contribution >= 0.6 is 23.2 Å². The molecule has 28 nitrogen and oxygen atoms in total. The highest BCUT2D eigenvalue weighted by atomic mass is 31.2. The molecule has 0 saturated carbocycles. The Morgan fingerprint density at radius 3 is 1.31 bits per heavy atom. The monoisotopic (exact) mass is 1080 g/mol. The van der Waals surface area contributed by atoms with Crippen LogP contribution in [0, 0.1) is 5.92 Å². The summed E-state index contributed by atoms with van der Waals surface area (Å²) in [6.07, 6.45) is 0. The molecule has 1 atom stereocenters. The van der Waals surface area contributed by atoms with E-state index in [-0.39, 0.29) is 49.0 Å². The van der Waals surface area contributed by atoms with Gasteiger partial charge in [0.2, 0.25) is 0 Å². The number of phosphoric ester groups is 2. The number of carbonyl (C=O) groups is 7. The first kappa shape index (κ1) is 73.8. The topological polar surface area (TPSA) is 425 Å². The van der Waals surface area contributed by atoms with Gasteiger partial charge < -0.3 is 72.6 Å². The fraction of sp³-hybridized carbons (Fsp3) is 0.375. The van der Waals surface area contributed by atoms with Crippen LogP contribution in [0.2, 0.25) is 0 Å². The molecule has 1 unspecified atom stereocenters. The van der Waals surface area contributed by atoms with Crippen molar-refractivity contribution in [3.05, 3.63) is 89.0 Å². The minimum Gasteiger partial charge on any atom is -0.481 e. The van der Waals surface area contributed by atoms with E-state index in [0.29, 0.717) is 11.5 Å². The number of rotatable bonds is 16. The van der Waals surface area contributed by atoms with E-state index in [1.165, 1.54) is 59.4 Å². The van der Waals surface area contributed by atoms with Gasteiger partial charge in [-0.05, 0) is 55.5 Å². The Kier molecular flexibility index (Phi) is 41.2. The van der Waals surface area contributed by atoms with Crippen LogP contribution in [-0.4, -0.2) is 145 Å². The number of aliphatic carboxylic acids is 3. The number of hydrogen-bond donors (Lipinski definition) is 8. The normalized spacial score (nSPS) is 11.3. The molecule has 31 heteroatoms. The smallest absolute Gasteiger partial charge is 0.481 e. The van der Waals surface area contributed by atoms with E-state index in [0.717, 1.165) is 34.1 Å². The van der Waals surface area contributed by atoms with Crippen LogP contribution in [0.5, 0.6) is 17.2 Å². The maximum Gasteiger partial charge on any atom is 0.527 e. The van der Waals surface area contributed by atoms with Crippen LogP contribution in [0.15, 0.2) is 66.7 Å². The number of carboxylic acids is 5. The lowest BCUT2D eigenvalue weighted by molar-refractivity contribution is -0.153. The molecule has 404 valence electrons. The van der Waals surface area contributed by atoms with Gasteiger partial charge >= 0.3 is 59.1 Å². The highest BCUT2D eigenvalue weighted by molar-refractivity contribution is 7.52. The van der Waals surface area contributed by atoms with Crippen molar-refractivity contribution in [2.75, 3.05) is 62.9 Å². The zero-order chi connectivity index (χ0) is 55.4. The Balaban J connectivity index is -0.000000247. The number of phosphoric acid groups is 2. The van der Waals surface area contributed by atoms with Gasteiger partial charge in [0.15, 0.2) is 19.5 Å². The molecular weight excluding hydrogens is 1020 g/mol. The van der Waals surface area contributed by atoms with Gasteiger partial charge in [0, 0.05) is 56.2 Å². The van der Waals surface area contributed by atoms with Gasteiger partial charge in [-0.1, -0.05) is 39.5 Å². The van der Waals surface area contributed by atoms with Crippen molar-refractivity contribution in [3.8, 4) is 17.2 Å². The standard InChI is InChI=1S/C10H10O6.C10H8O5.C7H9O4P.C4H6O4.C3H9O3P.C2H4O2.C2H6.CH5O4P.CH4/c1-15-5-16-6-2-3-7(9(11)12)8(4-6)10(13)14;1-13-5-14-6-2-3-7-8(4-6)10(12)15-9(7)11;1-10-12(8,9)11-7-5-3-2-4-6-7;1-2(3(5)6)4(7)8;1-5-7(3,4)6-2;1-2(3)4;1-2;1-5-6(2,3)4;/h2-4H,5H2,1H3,(H,11,12)(H,13,14);2-4H,5H2,1H3;2-6H,1H3,(H,8,9);2H,1H3,(H,5,6)(H,7,8);1-3H3;1H3,(H,3,4);1-2H3;1H3,(H2,2,3,4);1H4. The average molecular weight is 1080 g/mol. The summed E-state index contributed by atoms with van der Waals surface area (Å²) < 4.78 is 76.1. The Morgan fingerprint density at radius 1 is 0.592 bits per heavy atom. The van der Waals surface area contributed by atoms with Crippen molar-refractivity contribution >= 4 is 65.0 Å². The molecule has 0 fully saturated rings. The summed E-state index contributed by atoms with van der Waals surface area (Å²) >= 11 is 0. The molecular formula is C40H61O28P3. The summed E-state index contributed by atoms with van der Waals surface area (Å²) in [5.41, 5.74) is -0.100. The number of carboxylic acid groups (broad SMARTS) is 5. The van der Waals surface area contributed by atoms with Gasteiger partial charge in [0.1, 0.15) is 17.2 Å². The summed E-state index contributed by atoms with van der Waals surface area (Å²) in [5, 5.41) is 40.9. The van der Waals surface area contributed by atoms with E-state index in [9.17, 15) is 42.5 Å².